The minimum Gasteiger partial charge on any atom is -0.377 e. The van der Waals surface area contributed by atoms with Crippen molar-refractivity contribution >= 4 is 8.80 Å². The fraction of sp³-hybridized carbons (Fsp3) is 0.538. The third-order valence-corrected chi connectivity index (χ3v) is 6.36. The number of benzene rings is 1. The normalized spacial score (nSPS) is 13.5. The first-order chi connectivity index (χ1) is 10.2. The van der Waals surface area contributed by atoms with Crippen LogP contribution in [-0.4, -0.2) is 29.6 Å². The van der Waals surface area contributed by atoms with Crippen molar-refractivity contribution in [3.63, 3.8) is 0 Å². The summed E-state index contributed by atoms with van der Waals surface area (Å²) in [5.41, 5.74) is -0.901. The van der Waals surface area contributed by atoms with Gasteiger partial charge < -0.3 is 13.3 Å². The van der Waals surface area contributed by atoms with Crippen molar-refractivity contribution in [2.24, 2.45) is 0 Å². The van der Waals surface area contributed by atoms with Crippen molar-refractivity contribution in [2.45, 2.75) is 25.8 Å². The molecule has 0 fully saturated rings. The second-order valence-electron chi connectivity index (χ2n) is 4.61. The van der Waals surface area contributed by atoms with Crippen LogP contribution in [0.2, 0.25) is 6.04 Å². The lowest BCUT2D eigenvalue weighted by atomic mass is 10.0. The quantitative estimate of drug-likeness (QED) is 0.326. The molecule has 0 saturated heterocycles. The molecule has 0 aliphatic rings. The molecule has 1 aromatic rings. The third kappa shape index (κ3) is 3.48. The maximum atomic E-state index is 13.8. The van der Waals surface area contributed by atoms with Crippen molar-refractivity contribution in [3.8, 4) is 0 Å². The van der Waals surface area contributed by atoms with Gasteiger partial charge in [0.25, 0.3) is 0 Å². The minimum atomic E-state index is -3.26. The Morgan fingerprint density at radius 3 is 1.64 bits per heavy atom. The highest BCUT2D eigenvalue weighted by atomic mass is 28.4. The molecule has 1 rings (SSSR count). The van der Waals surface area contributed by atoms with E-state index in [4.69, 9.17) is 13.3 Å². The predicted molar refractivity (Wildman–Crippen MR) is 70.9 cm³/mol. The molecule has 0 spiro atoms. The number of hydrogen-bond donors (Lipinski definition) is 0. The zero-order chi connectivity index (χ0) is 17.1. The minimum absolute atomic E-state index is 0.133. The van der Waals surface area contributed by atoms with E-state index in [9.17, 15) is 22.0 Å². The molecule has 1 atom stereocenters. The maximum absolute atomic E-state index is 13.8. The summed E-state index contributed by atoms with van der Waals surface area (Å²) in [5.74, 6) is -10.9. The van der Waals surface area contributed by atoms with E-state index in [0.717, 1.165) is 0 Å². The molecule has 0 aliphatic heterocycles. The Bertz CT molecular complexity index is 508. The van der Waals surface area contributed by atoms with Crippen molar-refractivity contribution in [3.05, 3.63) is 34.6 Å². The Morgan fingerprint density at radius 2 is 1.27 bits per heavy atom. The zero-order valence-electron chi connectivity index (χ0n) is 12.6. The highest BCUT2D eigenvalue weighted by Gasteiger charge is 2.42. The number of rotatable bonds is 7. The van der Waals surface area contributed by atoms with Gasteiger partial charge in [-0.1, -0.05) is 6.92 Å². The van der Waals surface area contributed by atoms with Crippen molar-refractivity contribution < 1.29 is 35.2 Å². The van der Waals surface area contributed by atoms with E-state index in [0.29, 0.717) is 0 Å². The summed E-state index contributed by atoms with van der Waals surface area (Å²) in [6.07, 6.45) is 0. The SMILES string of the molecule is CCO[Si](CC(C)c1c(F)c(F)c(F)c(F)c1F)(OC)OC. The summed E-state index contributed by atoms with van der Waals surface area (Å²) in [5, 5.41) is 0. The number of halogens is 5. The van der Waals surface area contributed by atoms with Gasteiger partial charge in [0.2, 0.25) is 5.82 Å². The van der Waals surface area contributed by atoms with Crippen LogP contribution in [0.25, 0.3) is 0 Å². The average Bonchev–Trinajstić information content (AvgIpc) is 2.50. The molecular formula is C13H17F5O3Si. The van der Waals surface area contributed by atoms with E-state index in [2.05, 4.69) is 0 Å². The lowest BCUT2D eigenvalue weighted by Crippen LogP contribution is -2.45. The maximum Gasteiger partial charge on any atom is 0.501 e. The Balaban J connectivity index is 3.26. The van der Waals surface area contributed by atoms with Crippen LogP contribution in [0.5, 0.6) is 0 Å². The molecule has 126 valence electrons. The second kappa shape index (κ2) is 7.49. The second-order valence-corrected chi connectivity index (χ2v) is 7.49. The molecule has 22 heavy (non-hydrogen) atoms. The van der Waals surface area contributed by atoms with E-state index >= 15 is 0 Å². The highest BCUT2D eigenvalue weighted by Crippen LogP contribution is 2.34. The van der Waals surface area contributed by atoms with E-state index in [1.54, 1.807) is 6.92 Å². The molecule has 0 bridgehead atoms. The molecule has 3 nitrogen and oxygen atoms in total. The van der Waals surface area contributed by atoms with Crippen molar-refractivity contribution in [1.82, 2.24) is 0 Å². The first-order valence-electron chi connectivity index (χ1n) is 6.50. The van der Waals surface area contributed by atoms with E-state index in [1.165, 1.54) is 21.1 Å². The van der Waals surface area contributed by atoms with Crippen LogP contribution in [0.15, 0.2) is 0 Å². The topological polar surface area (TPSA) is 27.7 Å². The highest BCUT2D eigenvalue weighted by molar-refractivity contribution is 6.60. The molecule has 0 aromatic heterocycles. The summed E-state index contributed by atoms with van der Waals surface area (Å²) >= 11 is 0. The van der Waals surface area contributed by atoms with E-state index in [-0.39, 0.29) is 12.7 Å². The molecule has 0 amide bonds. The molecule has 0 saturated carbocycles. The third-order valence-electron chi connectivity index (χ3n) is 3.28. The Labute approximate surface area is 126 Å². The fourth-order valence-electron chi connectivity index (χ4n) is 2.18. The Morgan fingerprint density at radius 1 is 0.864 bits per heavy atom. The van der Waals surface area contributed by atoms with E-state index in [1.807, 2.05) is 0 Å². The molecule has 1 unspecified atom stereocenters. The van der Waals surface area contributed by atoms with Crippen LogP contribution in [0.1, 0.15) is 25.3 Å². The van der Waals surface area contributed by atoms with Gasteiger partial charge in [-0.2, -0.15) is 0 Å². The van der Waals surface area contributed by atoms with Gasteiger partial charge in [-0.15, -0.1) is 0 Å². The summed E-state index contributed by atoms with van der Waals surface area (Å²) < 4.78 is 82.9. The summed E-state index contributed by atoms with van der Waals surface area (Å²) in [7, 11) is -0.651. The largest absolute Gasteiger partial charge is 0.501 e. The lowest BCUT2D eigenvalue weighted by Gasteiger charge is -2.28. The van der Waals surface area contributed by atoms with Gasteiger partial charge in [-0.05, 0) is 12.8 Å². The Hall–Kier alpha value is -1.03. The van der Waals surface area contributed by atoms with Gasteiger partial charge in [0.05, 0.1) is 0 Å². The molecule has 1 aromatic carbocycles. The van der Waals surface area contributed by atoms with Gasteiger partial charge in [0.15, 0.2) is 23.3 Å². The van der Waals surface area contributed by atoms with Gasteiger partial charge >= 0.3 is 8.80 Å². The van der Waals surface area contributed by atoms with Crippen LogP contribution >= 0.6 is 0 Å². The average molecular weight is 344 g/mol. The standard InChI is InChI=1S/C13H17F5O3Si/c1-5-21-22(19-3,20-4)6-7(2)8-9(14)11(16)13(18)12(17)10(8)15/h7H,5-6H2,1-4H3. The first-order valence-corrected chi connectivity index (χ1v) is 8.43. The fourth-order valence-corrected chi connectivity index (χ4v) is 4.43. The molecule has 0 N–H and O–H groups in total. The van der Waals surface area contributed by atoms with Gasteiger partial charge in [-0.25, -0.2) is 22.0 Å². The molecule has 0 aliphatic carbocycles. The molecule has 0 heterocycles. The summed E-state index contributed by atoms with van der Waals surface area (Å²) in [6, 6.07) is -0.133. The predicted octanol–water partition coefficient (Wildman–Crippen LogP) is 3.75. The number of hydrogen-bond acceptors (Lipinski definition) is 3. The van der Waals surface area contributed by atoms with Gasteiger partial charge in [0, 0.05) is 32.4 Å². The van der Waals surface area contributed by atoms with Gasteiger partial charge in [0.1, 0.15) is 0 Å². The smallest absolute Gasteiger partial charge is 0.377 e. The van der Waals surface area contributed by atoms with Crippen LogP contribution in [-0.2, 0) is 13.3 Å². The molecule has 0 radical (unpaired) electrons. The summed E-state index contributed by atoms with van der Waals surface area (Å²) in [6.45, 7) is 3.21. The summed E-state index contributed by atoms with van der Waals surface area (Å²) in [4.78, 5) is 0. The first kappa shape index (κ1) is 19.0. The monoisotopic (exact) mass is 344 g/mol. The molecular weight excluding hydrogens is 327 g/mol. The van der Waals surface area contributed by atoms with Crippen molar-refractivity contribution in [2.75, 3.05) is 20.8 Å². The Kier molecular flexibility index (Phi) is 6.47. The van der Waals surface area contributed by atoms with Crippen LogP contribution in [0.3, 0.4) is 0 Å². The van der Waals surface area contributed by atoms with Crippen LogP contribution < -0.4 is 0 Å². The van der Waals surface area contributed by atoms with E-state index < -0.39 is 49.4 Å². The zero-order valence-corrected chi connectivity index (χ0v) is 13.6. The van der Waals surface area contributed by atoms with Crippen LogP contribution in [0, 0.1) is 29.1 Å². The van der Waals surface area contributed by atoms with Crippen molar-refractivity contribution in [1.29, 1.82) is 0 Å². The van der Waals surface area contributed by atoms with Gasteiger partial charge in [-0.3, -0.25) is 0 Å². The van der Waals surface area contributed by atoms with Crippen LogP contribution in [0.4, 0.5) is 22.0 Å². The molecule has 9 heteroatoms. The lowest BCUT2D eigenvalue weighted by molar-refractivity contribution is 0.102.